The van der Waals surface area contributed by atoms with Crippen LogP contribution in [0.3, 0.4) is 0 Å². The van der Waals surface area contributed by atoms with Gasteiger partial charge in [-0.3, -0.25) is 0 Å². The number of fused-ring (bicyclic) bond motifs is 1. The molecule has 2 aromatic heterocycles. The number of nitrogens with zero attached hydrogens (tertiary/aromatic N) is 3. The fraction of sp³-hybridized carbons (Fsp3) is 0.625. The van der Waals surface area contributed by atoms with E-state index in [0.29, 0.717) is 5.41 Å². The molecule has 3 rings (SSSR count). The second kappa shape index (κ2) is 4.47. The Morgan fingerprint density at radius 3 is 2.70 bits per heavy atom. The van der Waals surface area contributed by atoms with E-state index < -0.39 is 0 Å². The van der Waals surface area contributed by atoms with E-state index in [9.17, 15) is 0 Å². The lowest BCUT2D eigenvalue weighted by atomic mass is 9.92. The quantitative estimate of drug-likeness (QED) is 0.924. The standard InChI is InChI=1S/C16H24N4/c1-5-16(6-7-16)11-18-14-12-10-13(15(2,3)4)19-20(12)9-8-17-14/h8-10H,5-7,11H2,1-4H3,(H,17,18). The molecule has 108 valence electrons. The zero-order valence-corrected chi connectivity index (χ0v) is 12.9. The highest BCUT2D eigenvalue weighted by molar-refractivity contribution is 5.68. The summed E-state index contributed by atoms with van der Waals surface area (Å²) in [5.74, 6) is 0.954. The number of nitrogens with one attached hydrogen (secondary N) is 1. The van der Waals surface area contributed by atoms with Crippen LogP contribution in [0.4, 0.5) is 5.82 Å². The molecule has 4 heteroatoms. The van der Waals surface area contributed by atoms with Crippen molar-refractivity contribution in [3.8, 4) is 0 Å². The number of hydrogen-bond acceptors (Lipinski definition) is 3. The first-order chi connectivity index (χ1) is 9.43. The van der Waals surface area contributed by atoms with Crippen molar-refractivity contribution in [1.82, 2.24) is 14.6 Å². The molecule has 4 nitrogen and oxygen atoms in total. The van der Waals surface area contributed by atoms with Gasteiger partial charge in [0, 0.05) is 24.4 Å². The van der Waals surface area contributed by atoms with Gasteiger partial charge in [-0.05, 0) is 30.7 Å². The Kier molecular flexibility index (Phi) is 3.00. The molecule has 1 aliphatic rings. The maximum Gasteiger partial charge on any atom is 0.152 e. The van der Waals surface area contributed by atoms with E-state index in [1.807, 2.05) is 16.9 Å². The molecule has 2 aromatic rings. The summed E-state index contributed by atoms with van der Waals surface area (Å²) in [5.41, 5.74) is 2.75. The molecule has 1 N–H and O–H groups in total. The van der Waals surface area contributed by atoms with Gasteiger partial charge in [0.15, 0.2) is 5.82 Å². The third-order valence-corrected chi connectivity index (χ3v) is 4.50. The molecule has 0 amide bonds. The highest BCUT2D eigenvalue weighted by atomic mass is 15.2. The SMILES string of the molecule is CCC1(CNc2nccn3nc(C(C)(C)C)cc23)CC1. The van der Waals surface area contributed by atoms with Gasteiger partial charge >= 0.3 is 0 Å². The monoisotopic (exact) mass is 272 g/mol. The molecule has 1 fully saturated rings. The van der Waals surface area contributed by atoms with Gasteiger partial charge < -0.3 is 5.32 Å². The Morgan fingerprint density at radius 1 is 1.35 bits per heavy atom. The maximum absolute atomic E-state index is 4.66. The average molecular weight is 272 g/mol. The average Bonchev–Trinajstić information content (AvgIpc) is 3.04. The fourth-order valence-corrected chi connectivity index (χ4v) is 2.53. The number of aromatic nitrogens is 3. The Balaban J connectivity index is 1.89. The minimum Gasteiger partial charge on any atom is -0.368 e. The predicted molar refractivity (Wildman–Crippen MR) is 82.1 cm³/mol. The molecule has 20 heavy (non-hydrogen) atoms. The van der Waals surface area contributed by atoms with Crippen molar-refractivity contribution in [3.63, 3.8) is 0 Å². The van der Waals surface area contributed by atoms with Crippen molar-refractivity contribution in [2.75, 3.05) is 11.9 Å². The first-order valence-corrected chi connectivity index (χ1v) is 7.52. The summed E-state index contributed by atoms with van der Waals surface area (Å²) in [5, 5.41) is 8.20. The van der Waals surface area contributed by atoms with E-state index in [-0.39, 0.29) is 5.41 Å². The van der Waals surface area contributed by atoms with Crippen LogP contribution in [0.15, 0.2) is 18.5 Å². The highest BCUT2D eigenvalue weighted by Crippen LogP contribution is 2.48. The van der Waals surface area contributed by atoms with Crippen molar-refractivity contribution in [1.29, 1.82) is 0 Å². The minimum absolute atomic E-state index is 0.0599. The summed E-state index contributed by atoms with van der Waals surface area (Å²) in [6.07, 6.45) is 7.66. The third kappa shape index (κ3) is 2.39. The summed E-state index contributed by atoms with van der Waals surface area (Å²) >= 11 is 0. The Morgan fingerprint density at radius 2 is 2.10 bits per heavy atom. The van der Waals surface area contributed by atoms with Crippen LogP contribution >= 0.6 is 0 Å². The second-order valence-corrected chi connectivity index (χ2v) is 7.09. The van der Waals surface area contributed by atoms with Gasteiger partial charge in [0.25, 0.3) is 0 Å². The molecular weight excluding hydrogens is 248 g/mol. The van der Waals surface area contributed by atoms with Crippen LogP contribution in [0.2, 0.25) is 0 Å². The third-order valence-electron chi connectivity index (χ3n) is 4.50. The maximum atomic E-state index is 4.66. The van der Waals surface area contributed by atoms with Gasteiger partial charge in [0.05, 0.1) is 5.69 Å². The first-order valence-electron chi connectivity index (χ1n) is 7.52. The van der Waals surface area contributed by atoms with Gasteiger partial charge in [-0.2, -0.15) is 5.10 Å². The molecule has 0 unspecified atom stereocenters. The zero-order valence-electron chi connectivity index (χ0n) is 12.9. The molecule has 0 bridgehead atoms. The second-order valence-electron chi connectivity index (χ2n) is 7.09. The normalized spacial score (nSPS) is 17.4. The van der Waals surface area contributed by atoms with Crippen LogP contribution < -0.4 is 5.32 Å². The smallest absolute Gasteiger partial charge is 0.152 e. The molecule has 2 heterocycles. The van der Waals surface area contributed by atoms with Crippen LogP contribution in [0, 0.1) is 5.41 Å². The molecule has 0 aromatic carbocycles. The topological polar surface area (TPSA) is 42.2 Å². The summed E-state index contributed by atoms with van der Waals surface area (Å²) in [4.78, 5) is 4.50. The number of anilines is 1. The molecule has 1 saturated carbocycles. The predicted octanol–water partition coefficient (Wildman–Crippen LogP) is 3.63. The van der Waals surface area contributed by atoms with E-state index in [0.717, 1.165) is 23.6 Å². The molecule has 0 spiro atoms. The van der Waals surface area contributed by atoms with E-state index in [1.165, 1.54) is 19.3 Å². The Bertz CT molecular complexity index is 617. The van der Waals surface area contributed by atoms with E-state index in [2.05, 4.69) is 49.2 Å². The zero-order chi connectivity index (χ0) is 14.4. The summed E-state index contributed by atoms with van der Waals surface area (Å²) in [6.45, 7) is 9.86. The number of rotatable bonds is 4. The lowest BCUT2D eigenvalue weighted by molar-refractivity contribution is 0.521. The molecule has 1 aliphatic carbocycles. The number of hydrogen-bond donors (Lipinski definition) is 1. The summed E-state index contributed by atoms with van der Waals surface area (Å²) in [7, 11) is 0. The largest absolute Gasteiger partial charge is 0.368 e. The van der Waals surface area contributed by atoms with Gasteiger partial charge in [-0.15, -0.1) is 0 Å². The molecule has 0 atom stereocenters. The van der Waals surface area contributed by atoms with Gasteiger partial charge in [0.1, 0.15) is 5.52 Å². The van der Waals surface area contributed by atoms with Crippen LogP contribution in [0.1, 0.15) is 52.7 Å². The van der Waals surface area contributed by atoms with Gasteiger partial charge in [-0.1, -0.05) is 27.7 Å². The van der Waals surface area contributed by atoms with Crippen LogP contribution in [-0.2, 0) is 5.41 Å². The van der Waals surface area contributed by atoms with Crippen molar-refractivity contribution < 1.29 is 0 Å². The van der Waals surface area contributed by atoms with Crippen molar-refractivity contribution in [2.24, 2.45) is 5.41 Å². The summed E-state index contributed by atoms with van der Waals surface area (Å²) in [6, 6.07) is 2.15. The summed E-state index contributed by atoms with van der Waals surface area (Å²) < 4.78 is 1.93. The minimum atomic E-state index is 0.0599. The van der Waals surface area contributed by atoms with Gasteiger partial charge in [0.2, 0.25) is 0 Å². The van der Waals surface area contributed by atoms with Crippen molar-refractivity contribution >= 4 is 11.3 Å². The van der Waals surface area contributed by atoms with Gasteiger partial charge in [-0.25, -0.2) is 9.50 Å². The highest BCUT2D eigenvalue weighted by Gasteiger charge is 2.40. The fourth-order valence-electron chi connectivity index (χ4n) is 2.53. The molecule has 0 radical (unpaired) electrons. The van der Waals surface area contributed by atoms with E-state index in [4.69, 9.17) is 0 Å². The molecule has 0 saturated heterocycles. The van der Waals surface area contributed by atoms with Crippen LogP contribution in [-0.4, -0.2) is 21.1 Å². The van der Waals surface area contributed by atoms with Crippen LogP contribution in [0.25, 0.3) is 5.52 Å². The van der Waals surface area contributed by atoms with Crippen molar-refractivity contribution in [2.45, 2.75) is 52.4 Å². The first kappa shape index (κ1) is 13.4. The molecular formula is C16H24N4. The molecule has 0 aliphatic heterocycles. The van der Waals surface area contributed by atoms with Crippen molar-refractivity contribution in [3.05, 3.63) is 24.2 Å². The Labute approximate surface area is 120 Å². The van der Waals surface area contributed by atoms with E-state index >= 15 is 0 Å². The van der Waals surface area contributed by atoms with Crippen LogP contribution in [0.5, 0.6) is 0 Å². The van der Waals surface area contributed by atoms with E-state index in [1.54, 1.807) is 0 Å². The lowest BCUT2D eigenvalue weighted by Crippen LogP contribution is -2.15. The lowest BCUT2D eigenvalue weighted by Gasteiger charge is -2.14. The Hall–Kier alpha value is -1.58.